The van der Waals surface area contributed by atoms with Gasteiger partial charge in [-0.3, -0.25) is 9.88 Å². The summed E-state index contributed by atoms with van der Waals surface area (Å²) in [5, 5.41) is 21.2. The lowest BCUT2D eigenvalue weighted by Gasteiger charge is -2.28. The Morgan fingerprint density at radius 3 is 2.78 bits per heavy atom. The van der Waals surface area contributed by atoms with Crippen molar-refractivity contribution in [3.05, 3.63) is 65.1 Å². The van der Waals surface area contributed by atoms with E-state index in [0.29, 0.717) is 6.54 Å². The quantitative estimate of drug-likeness (QED) is 0.705. The smallest absolute Gasteiger partial charge is 0.0970 e. The highest BCUT2D eigenvalue weighted by Gasteiger charge is 2.25. The zero-order valence-corrected chi connectivity index (χ0v) is 15.8. The third-order valence-corrected chi connectivity index (χ3v) is 5.57. The lowest BCUT2D eigenvalue weighted by Crippen LogP contribution is -2.32. The first-order valence-electron chi connectivity index (χ1n) is 9.69. The molecule has 5 heteroatoms. The number of aliphatic hydroxyl groups excluding tert-OH is 2. The number of pyridine rings is 1. The molecule has 0 radical (unpaired) electrons. The molecule has 1 unspecified atom stereocenters. The number of benzene rings is 1. The molecule has 2 aromatic heterocycles. The van der Waals surface area contributed by atoms with Crippen LogP contribution in [0.15, 0.2) is 42.7 Å². The standard InChI is InChI=1S/C22H27N3O2/c1-16-3-4-20-18(13-16)19-14-24(10-2-12-26)11-7-21(19)25(20)15-22(27)17-5-8-23-9-6-17/h3-6,8-9,13,22,26-27H,2,7,10-12,14-15H2,1H3. The van der Waals surface area contributed by atoms with Gasteiger partial charge in [-0.05, 0) is 48.7 Å². The molecule has 142 valence electrons. The van der Waals surface area contributed by atoms with Crippen molar-refractivity contribution in [1.29, 1.82) is 0 Å². The first-order chi connectivity index (χ1) is 13.2. The van der Waals surface area contributed by atoms with Crippen molar-refractivity contribution >= 4 is 10.9 Å². The molecule has 0 saturated heterocycles. The van der Waals surface area contributed by atoms with Crippen LogP contribution < -0.4 is 0 Å². The Hall–Kier alpha value is -2.21. The van der Waals surface area contributed by atoms with E-state index in [9.17, 15) is 5.11 Å². The molecular formula is C22H27N3O2. The number of hydrogen-bond donors (Lipinski definition) is 2. The molecule has 1 aromatic carbocycles. The van der Waals surface area contributed by atoms with Gasteiger partial charge < -0.3 is 14.8 Å². The Morgan fingerprint density at radius 1 is 1.19 bits per heavy atom. The van der Waals surface area contributed by atoms with Gasteiger partial charge in [-0.25, -0.2) is 0 Å². The zero-order chi connectivity index (χ0) is 18.8. The van der Waals surface area contributed by atoms with Crippen molar-refractivity contribution in [2.75, 3.05) is 19.7 Å². The van der Waals surface area contributed by atoms with Gasteiger partial charge in [0.1, 0.15) is 0 Å². The van der Waals surface area contributed by atoms with E-state index < -0.39 is 6.10 Å². The lowest BCUT2D eigenvalue weighted by atomic mass is 10.0. The molecular weight excluding hydrogens is 338 g/mol. The second-order valence-corrected chi connectivity index (χ2v) is 7.46. The molecule has 0 fully saturated rings. The summed E-state index contributed by atoms with van der Waals surface area (Å²) in [5.41, 5.74) is 6.06. The molecule has 1 aliphatic heterocycles. The van der Waals surface area contributed by atoms with Crippen molar-refractivity contribution < 1.29 is 10.2 Å². The van der Waals surface area contributed by atoms with Gasteiger partial charge in [0.2, 0.25) is 0 Å². The Kier molecular flexibility index (Phi) is 5.25. The molecule has 0 aliphatic carbocycles. The van der Waals surface area contributed by atoms with Gasteiger partial charge >= 0.3 is 0 Å². The maximum atomic E-state index is 10.8. The summed E-state index contributed by atoms with van der Waals surface area (Å²) in [6, 6.07) is 10.3. The van der Waals surface area contributed by atoms with Crippen LogP contribution in [0.5, 0.6) is 0 Å². The van der Waals surface area contributed by atoms with Gasteiger partial charge in [0, 0.05) is 61.7 Å². The van der Waals surface area contributed by atoms with Crippen LogP contribution >= 0.6 is 0 Å². The number of fused-ring (bicyclic) bond motifs is 3. The minimum Gasteiger partial charge on any atom is -0.396 e. The Bertz CT molecular complexity index is 920. The topological polar surface area (TPSA) is 61.5 Å². The van der Waals surface area contributed by atoms with Crippen LogP contribution in [0.2, 0.25) is 0 Å². The fourth-order valence-corrected chi connectivity index (χ4v) is 4.18. The van der Waals surface area contributed by atoms with Crippen LogP contribution in [0, 0.1) is 6.92 Å². The first-order valence-corrected chi connectivity index (χ1v) is 9.69. The van der Waals surface area contributed by atoms with Crippen LogP contribution in [0.3, 0.4) is 0 Å². The highest BCUT2D eigenvalue weighted by Crippen LogP contribution is 2.33. The Morgan fingerprint density at radius 2 is 2.00 bits per heavy atom. The van der Waals surface area contributed by atoms with Gasteiger partial charge in [0.05, 0.1) is 12.6 Å². The lowest BCUT2D eigenvalue weighted by molar-refractivity contribution is 0.155. The predicted octanol–water partition coefficient (Wildman–Crippen LogP) is 2.82. The molecule has 4 rings (SSSR count). The molecule has 0 amide bonds. The van der Waals surface area contributed by atoms with E-state index in [4.69, 9.17) is 5.11 Å². The van der Waals surface area contributed by atoms with Crippen molar-refractivity contribution in [2.24, 2.45) is 0 Å². The SMILES string of the molecule is Cc1ccc2c(c1)c1c(n2CC(O)c2ccncc2)CCN(CCCO)C1. The summed E-state index contributed by atoms with van der Waals surface area (Å²) >= 11 is 0. The molecule has 27 heavy (non-hydrogen) atoms. The van der Waals surface area contributed by atoms with E-state index >= 15 is 0 Å². The van der Waals surface area contributed by atoms with Gasteiger partial charge in [0.25, 0.3) is 0 Å². The van der Waals surface area contributed by atoms with Crippen LogP contribution in [0.4, 0.5) is 0 Å². The maximum absolute atomic E-state index is 10.8. The summed E-state index contributed by atoms with van der Waals surface area (Å²) in [4.78, 5) is 6.47. The summed E-state index contributed by atoms with van der Waals surface area (Å²) in [6.45, 7) is 5.74. The van der Waals surface area contributed by atoms with E-state index in [-0.39, 0.29) is 6.61 Å². The van der Waals surface area contributed by atoms with Crippen molar-refractivity contribution in [1.82, 2.24) is 14.5 Å². The largest absolute Gasteiger partial charge is 0.396 e. The number of nitrogens with zero attached hydrogens (tertiary/aromatic N) is 3. The average molecular weight is 365 g/mol. The normalized spacial score (nSPS) is 15.8. The van der Waals surface area contributed by atoms with E-state index in [2.05, 4.69) is 39.6 Å². The second-order valence-electron chi connectivity index (χ2n) is 7.46. The summed E-state index contributed by atoms with van der Waals surface area (Å²) in [7, 11) is 0. The van der Waals surface area contributed by atoms with E-state index in [1.807, 2.05) is 12.1 Å². The number of aryl methyl sites for hydroxylation is 1. The van der Waals surface area contributed by atoms with Gasteiger partial charge in [-0.15, -0.1) is 0 Å². The molecule has 3 heterocycles. The molecule has 5 nitrogen and oxygen atoms in total. The van der Waals surface area contributed by atoms with Crippen molar-refractivity contribution in [3.63, 3.8) is 0 Å². The third-order valence-electron chi connectivity index (χ3n) is 5.57. The Labute approximate surface area is 159 Å². The first kappa shape index (κ1) is 18.2. The molecule has 1 atom stereocenters. The van der Waals surface area contributed by atoms with Gasteiger partial charge in [-0.2, -0.15) is 0 Å². The van der Waals surface area contributed by atoms with E-state index in [0.717, 1.165) is 38.0 Å². The summed E-state index contributed by atoms with van der Waals surface area (Å²) < 4.78 is 2.30. The van der Waals surface area contributed by atoms with Crippen LogP contribution in [0.25, 0.3) is 10.9 Å². The molecule has 0 bridgehead atoms. The van der Waals surface area contributed by atoms with Gasteiger partial charge in [0.15, 0.2) is 0 Å². The molecule has 2 N–H and O–H groups in total. The number of rotatable bonds is 6. The molecule has 0 spiro atoms. The van der Waals surface area contributed by atoms with E-state index in [1.165, 1.54) is 27.7 Å². The maximum Gasteiger partial charge on any atom is 0.0970 e. The minimum absolute atomic E-state index is 0.238. The average Bonchev–Trinajstić information content (AvgIpc) is 2.99. The monoisotopic (exact) mass is 365 g/mol. The third kappa shape index (κ3) is 3.63. The second kappa shape index (κ2) is 7.80. The molecule has 1 aliphatic rings. The van der Waals surface area contributed by atoms with Gasteiger partial charge in [-0.1, -0.05) is 11.6 Å². The fourth-order valence-electron chi connectivity index (χ4n) is 4.18. The van der Waals surface area contributed by atoms with E-state index in [1.54, 1.807) is 12.4 Å². The highest BCUT2D eigenvalue weighted by atomic mass is 16.3. The zero-order valence-electron chi connectivity index (χ0n) is 15.8. The highest BCUT2D eigenvalue weighted by molar-refractivity contribution is 5.86. The number of aliphatic hydroxyl groups is 2. The summed E-state index contributed by atoms with van der Waals surface area (Å²) in [5.74, 6) is 0. The molecule has 3 aromatic rings. The van der Waals surface area contributed by atoms with Crippen LogP contribution in [-0.4, -0.2) is 44.4 Å². The Balaban J connectivity index is 1.71. The van der Waals surface area contributed by atoms with Crippen molar-refractivity contribution in [3.8, 4) is 0 Å². The number of aromatic nitrogens is 2. The minimum atomic E-state index is -0.554. The number of hydrogen-bond acceptors (Lipinski definition) is 4. The molecule has 0 saturated carbocycles. The summed E-state index contributed by atoms with van der Waals surface area (Å²) in [6.07, 6.45) is 4.68. The predicted molar refractivity (Wildman–Crippen MR) is 107 cm³/mol. The fraction of sp³-hybridized carbons (Fsp3) is 0.409. The van der Waals surface area contributed by atoms with Crippen LogP contribution in [0.1, 0.15) is 34.9 Å². The van der Waals surface area contributed by atoms with Crippen molar-refractivity contribution in [2.45, 2.75) is 39.0 Å². The van der Waals surface area contributed by atoms with Crippen LogP contribution in [-0.2, 0) is 19.5 Å².